The van der Waals surface area contributed by atoms with Crippen LogP contribution in [0.2, 0.25) is 0 Å². The maximum atomic E-state index is 13.5. The van der Waals surface area contributed by atoms with E-state index in [2.05, 4.69) is 4.90 Å². The standard InChI is InChI=1S/C24H31N3O3/c1-25-16-19(22(28)18-8-2-3-9-20(18)25)23(29)27-14-15-30-24(17-27)11-5-4-10-21(24)26-12-6-7-13-26/h2-3,8-9,16,21H,4-7,10-15,17H2,1H3/t21-,24+/m1/s1. The van der Waals surface area contributed by atoms with E-state index >= 15 is 0 Å². The topological polar surface area (TPSA) is 54.8 Å². The molecule has 6 heteroatoms. The molecule has 0 N–H and O–H groups in total. The molecule has 2 saturated heterocycles. The van der Waals surface area contributed by atoms with Crippen molar-refractivity contribution in [2.24, 2.45) is 7.05 Å². The van der Waals surface area contributed by atoms with Gasteiger partial charge in [-0.25, -0.2) is 0 Å². The van der Waals surface area contributed by atoms with Crippen LogP contribution < -0.4 is 5.43 Å². The minimum absolute atomic E-state index is 0.158. The highest BCUT2D eigenvalue weighted by atomic mass is 16.5. The van der Waals surface area contributed by atoms with Crippen LogP contribution in [-0.2, 0) is 11.8 Å². The first-order valence-corrected chi connectivity index (χ1v) is 11.3. The van der Waals surface area contributed by atoms with Crippen LogP contribution >= 0.6 is 0 Å². The van der Waals surface area contributed by atoms with Gasteiger partial charge in [-0.05, 0) is 50.9 Å². The van der Waals surface area contributed by atoms with E-state index < -0.39 is 0 Å². The monoisotopic (exact) mass is 409 g/mol. The van der Waals surface area contributed by atoms with Crippen molar-refractivity contribution in [2.75, 3.05) is 32.8 Å². The van der Waals surface area contributed by atoms with Crippen LogP contribution in [0.4, 0.5) is 0 Å². The lowest BCUT2D eigenvalue weighted by Gasteiger charge is -2.52. The van der Waals surface area contributed by atoms with Gasteiger partial charge in [-0.3, -0.25) is 14.5 Å². The van der Waals surface area contributed by atoms with Crippen LogP contribution in [0.5, 0.6) is 0 Å². The minimum atomic E-state index is -0.293. The molecule has 3 heterocycles. The van der Waals surface area contributed by atoms with E-state index in [-0.39, 0.29) is 22.5 Å². The highest BCUT2D eigenvalue weighted by Gasteiger charge is 2.48. The maximum absolute atomic E-state index is 13.5. The molecule has 2 aromatic rings. The van der Waals surface area contributed by atoms with Crippen LogP contribution in [0.3, 0.4) is 0 Å². The number of fused-ring (bicyclic) bond motifs is 1. The Labute approximate surface area is 177 Å². The van der Waals surface area contributed by atoms with Crippen LogP contribution in [-0.4, -0.2) is 64.7 Å². The highest BCUT2D eigenvalue weighted by Crippen LogP contribution is 2.39. The average Bonchev–Trinajstić information content (AvgIpc) is 3.31. The van der Waals surface area contributed by atoms with Crippen molar-refractivity contribution in [1.82, 2.24) is 14.4 Å². The number of hydrogen-bond acceptors (Lipinski definition) is 4. The number of rotatable bonds is 2. The van der Waals surface area contributed by atoms with Gasteiger partial charge < -0.3 is 14.2 Å². The number of aromatic nitrogens is 1. The molecule has 1 saturated carbocycles. The third kappa shape index (κ3) is 3.26. The predicted molar refractivity (Wildman–Crippen MR) is 117 cm³/mol. The fourth-order valence-electron chi connectivity index (χ4n) is 5.86. The molecule has 1 aromatic heterocycles. The smallest absolute Gasteiger partial charge is 0.259 e. The van der Waals surface area contributed by atoms with Crippen molar-refractivity contribution in [3.05, 3.63) is 46.2 Å². The van der Waals surface area contributed by atoms with E-state index in [9.17, 15) is 9.59 Å². The first-order chi connectivity index (χ1) is 14.6. The second kappa shape index (κ2) is 7.82. The molecule has 30 heavy (non-hydrogen) atoms. The van der Waals surface area contributed by atoms with E-state index in [1.165, 1.54) is 19.3 Å². The van der Waals surface area contributed by atoms with Gasteiger partial charge in [-0.15, -0.1) is 0 Å². The lowest BCUT2D eigenvalue weighted by molar-refractivity contribution is -0.156. The van der Waals surface area contributed by atoms with Crippen molar-refractivity contribution in [3.63, 3.8) is 0 Å². The normalized spacial score (nSPS) is 27.8. The van der Waals surface area contributed by atoms with E-state index in [4.69, 9.17) is 4.74 Å². The molecule has 1 aromatic carbocycles. The van der Waals surface area contributed by atoms with Gasteiger partial charge in [0.1, 0.15) is 11.2 Å². The molecule has 3 aliphatic rings. The zero-order valence-corrected chi connectivity index (χ0v) is 17.8. The quantitative estimate of drug-likeness (QED) is 0.765. The van der Waals surface area contributed by atoms with Crippen molar-refractivity contribution >= 4 is 16.8 Å². The van der Waals surface area contributed by atoms with E-state index in [1.807, 2.05) is 34.7 Å². The number of morpholine rings is 1. The number of carbonyl (C=O) groups excluding carboxylic acids is 1. The molecule has 160 valence electrons. The third-order valence-corrected chi connectivity index (χ3v) is 7.34. The second-order valence-corrected chi connectivity index (χ2v) is 9.14. The van der Waals surface area contributed by atoms with Gasteiger partial charge in [0.25, 0.3) is 5.91 Å². The lowest BCUT2D eigenvalue weighted by Crippen LogP contribution is -2.64. The Kier molecular flexibility index (Phi) is 5.15. The van der Waals surface area contributed by atoms with E-state index in [1.54, 1.807) is 12.3 Å². The van der Waals surface area contributed by atoms with Crippen molar-refractivity contribution in [1.29, 1.82) is 0 Å². The Hall–Kier alpha value is -2.18. The summed E-state index contributed by atoms with van der Waals surface area (Å²) < 4.78 is 8.34. The third-order valence-electron chi connectivity index (χ3n) is 7.34. The highest BCUT2D eigenvalue weighted by molar-refractivity contribution is 5.97. The Morgan fingerprint density at radius 1 is 1.10 bits per heavy atom. The number of carbonyl (C=O) groups is 1. The first-order valence-electron chi connectivity index (χ1n) is 11.3. The number of ether oxygens (including phenoxy) is 1. The van der Waals surface area contributed by atoms with Crippen LogP contribution in [0.1, 0.15) is 48.9 Å². The molecule has 2 atom stereocenters. The van der Waals surface area contributed by atoms with Crippen LogP contribution in [0, 0.1) is 0 Å². The summed E-state index contributed by atoms with van der Waals surface area (Å²) in [5, 5.41) is 0.599. The second-order valence-electron chi connectivity index (χ2n) is 9.14. The fourth-order valence-corrected chi connectivity index (χ4v) is 5.86. The summed E-state index contributed by atoms with van der Waals surface area (Å²) in [5.41, 5.74) is 0.646. The van der Waals surface area contributed by atoms with Gasteiger partial charge in [0.05, 0.1) is 18.7 Å². The molecule has 0 bridgehead atoms. The Morgan fingerprint density at radius 3 is 2.73 bits per heavy atom. The first kappa shape index (κ1) is 19.8. The van der Waals surface area contributed by atoms with E-state index in [0.29, 0.717) is 31.1 Å². The summed E-state index contributed by atoms with van der Waals surface area (Å²) in [6.45, 7) is 3.94. The molecule has 5 rings (SSSR count). The molecule has 0 unspecified atom stereocenters. The Bertz CT molecular complexity index is 1010. The SMILES string of the molecule is Cn1cc(C(=O)N2CCO[C@@]3(CCCC[C@H]3N3CCCC3)C2)c(=O)c2ccccc21. The average molecular weight is 410 g/mol. The van der Waals surface area contributed by atoms with Gasteiger partial charge in [-0.2, -0.15) is 0 Å². The molecular formula is C24H31N3O3. The summed E-state index contributed by atoms with van der Waals surface area (Å²) in [6.07, 6.45) is 8.71. The summed E-state index contributed by atoms with van der Waals surface area (Å²) >= 11 is 0. The molecule has 1 spiro atoms. The van der Waals surface area contributed by atoms with Crippen molar-refractivity contribution in [3.8, 4) is 0 Å². The molecule has 3 fully saturated rings. The van der Waals surface area contributed by atoms with Crippen molar-refractivity contribution < 1.29 is 9.53 Å². The van der Waals surface area contributed by atoms with E-state index in [0.717, 1.165) is 37.9 Å². The summed E-state index contributed by atoms with van der Waals surface area (Å²) in [7, 11) is 1.89. The molecular weight excluding hydrogens is 378 g/mol. The fraction of sp³-hybridized carbons (Fsp3) is 0.583. The Morgan fingerprint density at radius 2 is 1.90 bits per heavy atom. The van der Waals surface area contributed by atoms with Crippen LogP contribution in [0.25, 0.3) is 10.9 Å². The molecule has 1 aliphatic carbocycles. The number of nitrogens with zero attached hydrogens (tertiary/aromatic N) is 3. The Balaban J connectivity index is 1.46. The van der Waals surface area contributed by atoms with Crippen molar-refractivity contribution in [2.45, 2.75) is 50.2 Å². The zero-order valence-electron chi connectivity index (χ0n) is 17.8. The number of hydrogen-bond donors (Lipinski definition) is 0. The molecule has 0 radical (unpaired) electrons. The number of para-hydroxylation sites is 1. The summed E-state index contributed by atoms with van der Waals surface area (Å²) in [5.74, 6) is -0.158. The lowest BCUT2D eigenvalue weighted by atomic mass is 9.78. The van der Waals surface area contributed by atoms with Gasteiger partial charge >= 0.3 is 0 Å². The summed E-state index contributed by atoms with van der Waals surface area (Å²) in [4.78, 5) is 31.1. The number of pyridine rings is 1. The summed E-state index contributed by atoms with van der Waals surface area (Å²) in [6, 6.07) is 7.86. The zero-order chi connectivity index (χ0) is 20.7. The van der Waals surface area contributed by atoms with Crippen LogP contribution in [0.15, 0.2) is 35.3 Å². The number of amides is 1. The van der Waals surface area contributed by atoms with Gasteiger partial charge in [0.2, 0.25) is 5.43 Å². The van der Waals surface area contributed by atoms with Gasteiger partial charge in [-0.1, -0.05) is 25.0 Å². The number of aryl methyl sites for hydroxylation is 1. The minimum Gasteiger partial charge on any atom is -0.370 e. The van der Waals surface area contributed by atoms with Gasteiger partial charge in [0.15, 0.2) is 0 Å². The number of likely N-dealkylation sites (tertiary alicyclic amines) is 1. The molecule has 1 amide bonds. The molecule has 2 aliphatic heterocycles. The number of benzene rings is 1. The largest absolute Gasteiger partial charge is 0.370 e. The maximum Gasteiger partial charge on any atom is 0.259 e. The predicted octanol–water partition coefficient (Wildman–Crippen LogP) is 2.79. The molecule has 6 nitrogen and oxygen atoms in total. The van der Waals surface area contributed by atoms with Gasteiger partial charge in [0, 0.05) is 31.2 Å².